The average molecular weight is 1250 g/mol. The van der Waals surface area contributed by atoms with Crippen molar-refractivity contribution in [1.29, 1.82) is 0 Å². The van der Waals surface area contributed by atoms with E-state index in [1.165, 1.54) is 250 Å². The van der Waals surface area contributed by atoms with Gasteiger partial charge in [-0.25, -0.2) is 0 Å². The van der Waals surface area contributed by atoms with Gasteiger partial charge in [0, 0.05) is 12.8 Å². The van der Waals surface area contributed by atoms with Gasteiger partial charge in [0.2, 0.25) is 0 Å². The molecule has 0 aliphatic carbocycles. The van der Waals surface area contributed by atoms with Crippen LogP contribution in [0.5, 0.6) is 0 Å². The number of aliphatic hydroxyl groups is 1. The second-order valence-electron chi connectivity index (χ2n) is 26.1. The van der Waals surface area contributed by atoms with Gasteiger partial charge in [0.15, 0.2) is 6.10 Å². The summed E-state index contributed by atoms with van der Waals surface area (Å²) in [7, 11) is 0. The van der Waals surface area contributed by atoms with Crippen molar-refractivity contribution >= 4 is 11.9 Å². The standard InChI is InChI=1S/C85H148O5/c1-3-5-7-9-11-13-15-17-19-21-23-25-27-29-31-33-35-37-39-41-42-44-45-47-49-51-53-55-57-59-61-63-65-67-69-71-73-75-77-79-84(87)89-82-83(81-86)90-85(88)80-78-76-74-72-70-68-66-64-62-60-58-56-54-52-50-48-46-43-40-38-36-34-32-30-28-26-24-22-20-18-16-14-12-10-8-6-4-2/h6,8,12,14,18,20,24,26,30,32,36,38,43,46,50,52,56,58,62,64,83,86H,3-5,7,9-11,13,15-17,19,21-23,25,27-29,31,33-35,37,39-42,44-45,47-49,51,53-55,57,59-61,63,65-82H2,1-2H3/b8-6-,14-12-,20-18-,26-24-,32-30-,38-36-,46-43-,52-50-,58-56-,64-62-. The zero-order chi connectivity index (χ0) is 64.7. The molecular weight excluding hydrogens is 1100 g/mol. The van der Waals surface area contributed by atoms with Crippen LogP contribution in [0, 0.1) is 0 Å². The molecule has 0 amide bonds. The van der Waals surface area contributed by atoms with Crippen LogP contribution in [-0.2, 0) is 19.1 Å². The van der Waals surface area contributed by atoms with Crippen LogP contribution in [0.15, 0.2) is 122 Å². The highest BCUT2D eigenvalue weighted by molar-refractivity contribution is 5.70. The first-order valence-corrected chi connectivity index (χ1v) is 39.1. The number of hydrogen-bond donors (Lipinski definition) is 1. The lowest BCUT2D eigenvalue weighted by Crippen LogP contribution is -2.28. The number of esters is 2. The molecule has 1 atom stereocenters. The summed E-state index contributed by atoms with van der Waals surface area (Å²) in [6.07, 6.45) is 117. The zero-order valence-electron chi connectivity index (χ0n) is 59.6. The van der Waals surface area contributed by atoms with E-state index in [1.807, 2.05) is 0 Å². The fourth-order valence-electron chi connectivity index (χ4n) is 11.5. The van der Waals surface area contributed by atoms with Gasteiger partial charge in [-0.3, -0.25) is 9.59 Å². The van der Waals surface area contributed by atoms with Crippen LogP contribution in [-0.4, -0.2) is 36.4 Å². The van der Waals surface area contributed by atoms with Gasteiger partial charge >= 0.3 is 11.9 Å². The van der Waals surface area contributed by atoms with Gasteiger partial charge in [0.05, 0.1) is 6.61 Å². The first-order chi connectivity index (χ1) is 44.6. The van der Waals surface area contributed by atoms with E-state index in [0.717, 1.165) is 109 Å². The highest BCUT2D eigenvalue weighted by atomic mass is 16.6. The van der Waals surface area contributed by atoms with Gasteiger partial charge in [0.1, 0.15) is 6.61 Å². The molecule has 0 radical (unpaired) electrons. The van der Waals surface area contributed by atoms with E-state index in [2.05, 4.69) is 135 Å². The van der Waals surface area contributed by atoms with Crippen molar-refractivity contribution in [2.45, 2.75) is 392 Å². The summed E-state index contributed by atoms with van der Waals surface area (Å²) >= 11 is 0. The van der Waals surface area contributed by atoms with Gasteiger partial charge in [0.25, 0.3) is 0 Å². The van der Waals surface area contributed by atoms with E-state index < -0.39 is 6.10 Å². The summed E-state index contributed by atoms with van der Waals surface area (Å²) in [4.78, 5) is 24.7. The molecule has 0 saturated heterocycles. The number of unbranched alkanes of at least 4 members (excludes halogenated alkanes) is 44. The molecule has 1 N–H and O–H groups in total. The summed E-state index contributed by atoms with van der Waals surface area (Å²) < 4.78 is 10.8. The van der Waals surface area contributed by atoms with Gasteiger partial charge in [-0.1, -0.05) is 405 Å². The predicted molar refractivity (Wildman–Crippen MR) is 398 cm³/mol. The molecule has 1 unspecified atom stereocenters. The number of allylic oxidation sites excluding steroid dienone is 20. The Morgan fingerprint density at radius 3 is 0.722 bits per heavy atom. The number of carbonyl (C=O) groups excluding carboxylic acids is 2. The summed E-state index contributed by atoms with van der Waals surface area (Å²) in [6, 6.07) is 0. The van der Waals surface area contributed by atoms with Crippen LogP contribution in [0.4, 0.5) is 0 Å². The summed E-state index contributed by atoms with van der Waals surface area (Å²) in [5.74, 6) is -0.599. The minimum absolute atomic E-state index is 0.0748. The highest BCUT2D eigenvalue weighted by Gasteiger charge is 2.16. The summed E-state index contributed by atoms with van der Waals surface area (Å²) in [5.41, 5.74) is 0. The molecule has 0 saturated carbocycles. The van der Waals surface area contributed by atoms with Crippen molar-refractivity contribution in [3.8, 4) is 0 Å². The topological polar surface area (TPSA) is 72.8 Å². The molecule has 0 rings (SSSR count). The normalized spacial score (nSPS) is 12.9. The van der Waals surface area contributed by atoms with Crippen molar-refractivity contribution in [3.05, 3.63) is 122 Å². The van der Waals surface area contributed by atoms with Crippen molar-refractivity contribution in [2.75, 3.05) is 13.2 Å². The molecule has 90 heavy (non-hydrogen) atoms. The maximum atomic E-state index is 12.4. The Morgan fingerprint density at radius 1 is 0.267 bits per heavy atom. The molecule has 5 heteroatoms. The molecule has 0 aromatic heterocycles. The molecule has 0 bridgehead atoms. The quantitative estimate of drug-likeness (QED) is 0.0373. The third-order valence-corrected chi connectivity index (χ3v) is 17.3. The van der Waals surface area contributed by atoms with E-state index in [9.17, 15) is 14.7 Å². The third-order valence-electron chi connectivity index (χ3n) is 17.3. The summed E-state index contributed by atoms with van der Waals surface area (Å²) in [6.45, 7) is 4.06. The zero-order valence-corrected chi connectivity index (χ0v) is 59.6. The van der Waals surface area contributed by atoms with Gasteiger partial charge in [-0.2, -0.15) is 0 Å². The Bertz CT molecular complexity index is 1750. The molecule has 0 fully saturated rings. The van der Waals surface area contributed by atoms with Crippen molar-refractivity contribution in [1.82, 2.24) is 0 Å². The van der Waals surface area contributed by atoms with E-state index in [-0.39, 0.29) is 25.2 Å². The number of rotatable bonds is 72. The van der Waals surface area contributed by atoms with Crippen molar-refractivity contribution < 1.29 is 24.2 Å². The first-order valence-electron chi connectivity index (χ1n) is 39.1. The van der Waals surface area contributed by atoms with Crippen molar-refractivity contribution in [3.63, 3.8) is 0 Å². The van der Waals surface area contributed by atoms with Crippen molar-refractivity contribution in [2.24, 2.45) is 0 Å². The Labute approximate surface area is 560 Å². The van der Waals surface area contributed by atoms with Crippen LogP contribution < -0.4 is 0 Å². The second kappa shape index (κ2) is 79.5. The third kappa shape index (κ3) is 76.8. The van der Waals surface area contributed by atoms with Gasteiger partial charge in [-0.15, -0.1) is 0 Å². The van der Waals surface area contributed by atoms with Gasteiger partial charge < -0.3 is 14.6 Å². The molecule has 5 nitrogen and oxygen atoms in total. The largest absolute Gasteiger partial charge is 0.462 e. The minimum Gasteiger partial charge on any atom is -0.462 e. The molecule has 0 aromatic rings. The fourth-order valence-corrected chi connectivity index (χ4v) is 11.5. The highest BCUT2D eigenvalue weighted by Crippen LogP contribution is 2.19. The smallest absolute Gasteiger partial charge is 0.306 e. The molecular formula is C85H148O5. The van der Waals surface area contributed by atoms with Crippen LogP contribution in [0.1, 0.15) is 386 Å². The molecule has 0 aromatic carbocycles. The van der Waals surface area contributed by atoms with E-state index in [0.29, 0.717) is 12.8 Å². The molecule has 518 valence electrons. The SMILES string of the molecule is CC/C=C\C/C=C\C/C=C\C/C=C\C/C=C\C/C=C\C/C=C\C/C=C\C/C=C\C/C=C\CCCCCCCCC(=O)OC(CO)COC(=O)CCCCCCCCCCCCCCCCCCCCCCCCCCCCCCCCCCCCCCCCC. The first kappa shape index (κ1) is 86.3. The number of hydrogen-bond acceptors (Lipinski definition) is 5. The second-order valence-corrected chi connectivity index (χ2v) is 26.1. The number of ether oxygens (including phenoxy) is 2. The van der Waals surface area contributed by atoms with E-state index >= 15 is 0 Å². The molecule has 0 spiro atoms. The lowest BCUT2D eigenvalue weighted by Gasteiger charge is -2.15. The van der Waals surface area contributed by atoms with Crippen LogP contribution in [0.2, 0.25) is 0 Å². The summed E-state index contributed by atoms with van der Waals surface area (Å²) in [5, 5.41) is 9.72. The predicted octanol–water partition coefficient (Wildman–Crippen LogP) is 27.7. The Kier molecular flexibility index (Phi) is 76.3. The molecule has 0 heterocycles. The monoisotopic (exact) mass is 1250 g/mol. The van der Waals surface area contributed by atoms with E-state index in [4.69, 9.17) is 9.47 Å². The lowest BCUT2D eigenvalue weighted by atomic mass is 10.0. The minimum atomic E-state index is -0.789. The van der Waals surface area contributed by atoms with Crippen LogP contribution in [0.3, 0.4) is 0 Å². The molecule has 0 aliphatic heterocycles. The maximum absolute atomic E-state index is 12.4. The van der Waals surface area contributed by atoms with Crippen LogP contribution in [0.25, 0.3) is 0 Å². The van der Waals surface area contributed by atoms with Gasteiger partial charge in [-0.05, 0) is 89.9 Å². The fraction of sp³-hybridized carbons (Fsp3) is 0.741. The Morgan fingerprint density at radius 2 is 0.478 bits per heavy atom. The number of aliphatic hydroxyl groups excluding tert-OH is 1. The van der Waals surface area contributed by atoms with E-state index in [1.54, 1.807) is 0 Å². The average Bonchev–Trinajstić information content (AvgIpc) is 3.62. The Balaban J connectivity index is 3.48. The number of carbonyl (C=O) groups is 2. The van der Waals surface area contributed by atoms with Crippen LogP contribution >= 0.6 is 0 Å². The Hall–Kier alpha value is -3.70. The lowest BCUT2D eigenvalue weighted by molar-refractivity contribution is -0.161. The maximum Gasteiger partial charge on any atom is 0.306 e. The molecule has 0 aliphatic rings.